The lowest BCUT2D eigenvalue weighted by Crippen LogP contribution is -2.45. The van der Waals surface area contributed by atoms with Crippen LogP contribution < -0.4 is 0 Å². The van der Waals surface area contributed by atoms with E-state index < -0.39 is 0 Å². The molecule has 1 fully saturated rings. The average molecular weight is 564 g/mol. The molecule has 4 nitrogen and oxygen atoms in total. The third-order valence-electron chi connectivity index (χ3n) is 4.49. The molecule has 4 heterocycles. The topological polar surface area (TPSA) is 32.3 Å². The fourth-order valence-corrected chi connectivity index (χ4v) is 5.55. The van der Waals surface area contributed by atoms with Crippen molar-refractivity contribution >= 4 is 68.4 Å². The number of hydrogen-bond acceptors (Lipinski definition) is 7. The average Bonchev–Trinajstić information content (AvgIpc) is 3.35. The van der Waals surface area contributed by atoms with Gasteiger partial charge in [-0.2, -0.15) is 0 Å². The van der Waals surface area contributed by atoms with Gasteiger partial charge in [-0.3, -0.25) is 4.90 Å². The summed E-state index contributed by atoms with van der Waals surface area (Å²) in [5, 5.41) is 3.00. The van der Waals surface area contributed by atoms with E-state index in [9.17, 15) is 0 Å². The number of thioether (sulfide) groups is 1. The molecule has 0 unspecified atom stereocenters. The fraction of sp³-hybridized carbons (Fsp3) is 0.368. The predicted octanol–water partition coefficient (Wildman–Crippen LogP) is 5.43. The first-order valence-electron chi connectivity index (χ1n) is 8.79. The second-order valence-electron chi connectivity index (χ2n) is 6.36. The zero-order valence-electron chi connectivity index (χ0n) is 15.6. The van der Waals surface area contributed by atoms with Gasteiger partial charge in [0.25, 0.3) is 0 Å². The third-order valence-corrected chi connectivity index (χ3v) is 7.51. The molecular formula is C19H24Br2N4S3. The van der Waals surface area contributed by atoms with Crippen molar-refractivity contribution in [3.05, 3.63) is 41.9 Å². The van der Waals surface area contributed by atoms with Crippen LogP contribution in [0.4, 0.5) is 0 Å². The summed E-state index contributed by atoms with van der Waals surface area (Å²) in [6.07, 6.45) is 1.88. The molecule has 0 amide bonds. The minimum Gasteiger partial charge on any atom is -0.304 e. The van der Waals surface area contributed by atoms with Crippen LogP contribution in [0.25, 0.3) is 20.3 Å². The van der Waals surface area contributed by atoms with Crippen LogP contribution in [0, 0.1) is 0 Å². The van der Waals surface area contributed by atoms with Gasteiger partial charge in [-0.1, -0.05) is 17.8 Å². The van der Waals surface area contributed by atoms with E-state index in [0.29, 0.717) is 0 Å². The Morgan fingerprint density at radius 2 is 1.79 bits per heavy atom. The van der Waals surface area contributed by atoms with Crippen LogP contribution in [0.5, 0.6) is 0 Å². The number of piperazine rings is 1. The van der Waals surface area contributed by atoms with Crippen LogP contribution in [0.15, 0.2) is 47.1 Å². The van der Waals surface area contributed by atoms with E-state index in [1.165, 1.54) is 40.8 Å². The van der Waals surface area contributed by atoms with Gasteiger partial charge < -0.3 is 4.90 Å². The lowest BCUT2D eigenvalue weighted by atomic mass is 10.3. The molecule has 0 atom stereocenters. The summed E-state index contributed by atoms with van der Waals surface area (Å²) < 4.78 is 0. The number of nitrogens with zero attached hydrogens (tertiary/aromatic N) is 4. The Morgan fingerprint density at radius 3 is 2.54 bits per heavy atom. The SMILES string of the molecule is Br.Br.CN1CCN(CCSc2nccc(-c3ccc(-c4cccs4)s3)n2)CC1. The highest BCUT2D eigenvalue weighted by molar-refractivity contribution is 8.93. The van der Waals surface area contributed by atoms with E-state index in [1.54, 1.807) is 34.4 Å². The van der Waals surface area contributed by atoms with Gasteiger partial charge >= 0.3 is 0 Å². The van der Waals surface area contributed by atoms with Crippen molar-refractivity contribution in [3.8, 4) is 20.3 Å². The van der Waals surface area contributed by atoms with Gasteiger partial charge in [-0.25, -0.2) is 9.97 Å². The third kappa shape index (κ3) is 6.35. The smallest absolute Gasteiger partial charge is 0.188 e. The number of rotatable bonds is 6. The first kappa shape index (κ1) is 24.0. The van der Waals surface area contributed by atoms with Crippen molar-refractivity contribution in [2.24, 2.45) is 0 Å². The molecule has 152 valence electrons. The molecule has 0 spiro atoms. The summed E-state index contributed by atoms with van der Waals surface area (Å²) in [6, 6.07) is 10.6. The van der Waals surface area contributed by atoms with Gasteiger partial charge in [0.05, 0.1) is 10.6 Å². The van der Waals surface area contributed by atoms with Crippen molar-refractivity contribution in [1.82, 2.24) is 19.8 Å². The van der Waals surface area contributed by atoms with Crippen molar-refractivity contribution in [2.45, 2.75) is 5.16 Å². The molecule has 3 aromatic rings. The van der Waals surface area contributed by atoms with Gasteiger partial charge in [0.1, 0.15) is 0 Å². The molecule has 0 radical (unpaired) electrons. The van der Waals surface area contributed by atoms with E-state index >= 15 is 0 Å². The zero-order chi connectivity index (χ0) is 17.8. The Kier molecular flexibility index (Phi) is 10.1. The second-order valence-corrected chi connectivity index (χ2v) is 9.45. The van der Waals surface area contributed by atoms with E-state index in [-0.39, 0.29) is 34.0 Å². The highest BCUT2D eigenvalue weighted by Crippen LogP contribution is 2.36. The highest BCUT2D eigenvalue weighted by Gasteiger charge is 2.13. The number of likely N-dealkylation sites (N-methyl/N-ethyl adjacent to an activating group) is 1. The van der Waals surface area contributed by atoms with Crippen LogP contribution in [-0.4, -0.2) is 65.3 Å². The number of hydrogen-bond donors (Lipinski definition) is 0. The predicted molar refractivity (Wildman–Crippen MR) is 134 cm³/mol. The van der Waals surface area contributed by atoms with Crippen LogP contribution in [0.2, 0.25) is 0 Å². The summed E-state index contributed by atoms with van der Waals surface area (Å²) in [5.41, 5.74) is 1.02. The van der Waals surface area contributed by atoms with Gasteiger partial charge in [0.15, 0.2) is 5.16 Å². The maximum Gasteiger partial charge on any atom is 0.188 e. The Bertz CT molecular complexity index is 833. The monoisotopic (exact) mass is 562 g/mol. The van der Waals surface area contributed by atoms with Gasteiger partial charge in [0, 0.05) is 54.4 Å². The Morgan fingerprint density at radius 1 is 1.00 bits per heavy atom. The second kappa shape index (κ2) is 11.8. The van der Waals surface area contributed by atoms with E-state index in [2.05, 4.69) is 51.5 Å². The molecule has 1 aliphatic rings. The molecule has 9 heteroatoms. The first-order valence-corrected chi connectivity index (χ1v) is 11.5. The summed E-state index contributed by atoms with van der Waals surface area (Å²) in [4.78, 5) is 18.0. The van der Waals surface area contributed by atoms with E-state index in [0.717, 1.165) is 23.1 Å². The molecule has 0 N–H and O–H groups in total. The summed E-state index contributed by atoms with van der Waals surface area (Å²) in [5.74, 6) is 1.04. The lowest BCUT2D eigenvalue weighted by molar-refractivity contribution is 0.161. The highest BCUT2D eigenvalue weighted by atomic mass is 79.9. The van der Waals surface area contributed by atoms with Crippen LogP contribution in [0.1, 0.15) is 0 Å². The molecule has 0 aromatic carbocycles. The fourth-order valence-electron chi connectivity index (χ4n) is 2.91. The summed E-state index contributed by atoms with van der Waals surface area (Å²) >= 11 is 5.33. The van der Waals surface area contributed by atoms with Gasteiger partial charge in [0.2, 0.25) is 0 Å². The maximum absolute atomic E-state index is 4.77. The molecule has 0 saturated carbocycles. The largest absolute Gasteiger partial charge is 0.304 e. The minimum absolute atomic E-state index is 0. The van der Waals surface area contributed by atoms with Crippen LogP contribution >= 0.6 is 68.4 Å². The van der Waals surface area contributed by atoms with E-state index in [4.69, 9.17) is 4.98 Å². The van der Waals surface area contributed by atoms with Gasteiger partial charge in [-0.15, -0.1) is 56.6 Å². The Hall–Kier alpha value is -0.290. The normalized spacial score (nSPS) is 15.0. The summed E-state index contributed by atoms with van der Waals surface area (Å²) in [6.45, 7) is 5.77. The van der Waals surface area contributed by atoms with Crippen LogP contribution in [-0.2, 0) is 0 Å². The van der Waals surface area contributed by atoms with Crippen molar-refractivity contribution in [1.29, 1.82) is 0 Å². The van der Waals surface area contributed by atoms with Crippen molar-refractivity contribution in [2.75, 3.05) is 45.5 Å². The number of thiophene rings is 2. The standard InChI is InChI=1S/C19H22N4S3.2BrH/c1-22-8-10-23(11-9-22)12-14-25-19-20-7-6-15(21-19)16-4-5-18(26-16)17-3-2-13-24-17;;/h2-7,13H,8-12,14H2,1H3;2*1H. The number of aromatic nitrogens is 2. The molecule has 0 aliphatic carbocycles. The lowest BCUT2D eigenvalue weighted by Gasteiger charge is -2.32. The molecule has 4 rings (SSSR count). The van der Waals surface area contributed by atoms with E-state index in [1.807, 2.05) is 12.3 Å². The quantitative estimate of drug-likeness (QED) is 0.295. The first-order chi connectivity index (χ1) is 12.8. The molecule has 1 saturated heterocycles. The summed E-state index contributed by atoms with van der Waals surface area (Å²) in [7, 11) is 2.19. The molecule has 0 bridgehead atoms. The minimum atomic E-state index is 0. The molecular weight excluding hydrogens is 540 g/mol. The van der Waals surface area contributed by atoms with Crippen molar-refractivity contribution in [3.63, 3.8) is 0 Å². The molecule has 28 heavy (non-hydrogen) atoms. The zero-order valence-corrected chi connectivity index (χ0v) is 21.5. The Balaban J connectivity index is 0.00000140. The maximum atomic E-state index is 4.77. The van der Waals surface area contributed by atoms with Crippen LogP contribution in [0.3, 0.4) is 0 Å². The van der Waals surface area contributed by atoms with Crippen molar-refractivity contribution < 1.29 is 0 Å². The van der Waals surface area contributed by atoms with Gasteiger partial charge in [-0.05, 0) is 36.7 Å². The molecule has 1 aliphatic heterocycles. The Labute approximate surface area is 199 Å². The molecule has 3 aromatic heterocycles. The number of halogens is 2.